The maximum Gasteiger partial charge on any atom is 0.0776 e. The van der Waals surface area contributed by atoms with E-state index < -0.39 is 16.1 Å². The minimum Gasteiger partial charge on any atom is -0.311 e. The first-order valence-corrected chi connectivity index (χ1v) is 25.4. The fraction of sp³-hybridized carbons (Fsp3) is 0.125. The van der Waals surface area contributed by atoms with Crippen LogP contribution in [-0.2, 0) is 0 Å². The molecule has 0 amide bonds. The molecule has 2 nitrogen and oxygen atoms in total. The van der Waals surface area contributed by atoms with Gasteiger partial charge in [-0.1, -0.05) is 159 Å². The summed E-state index contributed by atoms with van der Waals surface area (Å²) in [6.07, 6.45) is 0. The Morgan fingerprint density at radius 3 is 1.33 bits per heavy atom. The molecule has 7 aromatic carbocycles. The molecule has 0 radical (unpaired) electrons. The Kier molecular flexibility index (Phi) is 8.61. The molecule has 0 N–H and O–H groups in total. The van der Waals surface area contributed by atoms with Gasteiger partial charge in [-0.2, -0.15) is 0 Å². The Morgan fingerprint density at radius 2 is 0.788 bits per heavy atom. The summed E-state index contributed by atoms with van der Waals surface area (Å²) in [6.45, 7) is 14.5. The van der Waals surface area contributed by atoms with Gasteiger partial charge in [0.05, 0.1) is 27.2 Å². The molecule has 0 bridgehead atoms. The van der Waals surface area contributed by atoms with Gasteiger partial charge in [0.2, 0.25) is 0 Å². The van der Waals surface area contributed by atoms with Crippen LogP contribution in [0.2, 0.25) is 39.3 Å². The van der Waals surface area contributed by atoms with Crippen LogP contribution in [0.4, 0.5) is 17.1 Å². The topological polar surface area (TPSA) is 8.17 Å². The van der Waals surface area contributed by atoms with Gasteiger partial charge in [-0.05, 0) is 82.9 Å². The Balaban J connectivity index is 1.19. The monoisotopic (exact) mass is 706 g/mol. The predicted molar refractivity (Wildman–Crippen MR) is 232 cm³/mol. The fourth-order valence-corrected chi connectivity index (χ4v) is 9.64. The first kappa shape index (κ1) is 33.7. The number of fused-ring (bicyclic) bond motifs is 3. The fourth-order valence-electron chi connectivity index (χ4n) is 7.31. The van der Waals surface area contributed by atoms with E-state index >= 15 is 0 Å². The second-order valence-electron chi connectivity index (χ2n) is 16.0. The molecular formula is C48H46N2Si2. The van der Waals surface area contributed by atoms with E-state index in [1.54, 1.807) is 0 Å². The lowest BCUT2D eigenvalue weighted by molar-refractivity contribution is 1.17. The first-order chi connectivity index (χ1) is 25.0. The number of benzene rings is 7. The van der Waals surface area contributed by atoms with E-state index in [1.807, 2.05) is 0 Å². The largest absolute Gasteiger partial charge is 0.311 e. The Morgan fingerprint density at radius 1 is 0.365 bits per heavy atom. The van der Waals surface area contributed by atoms with E-state index in [0.29, 0.717) is 0 Å². The minimum atomic E-state index is -1.46. The summed E-state index contributed by atoms with van der Waals surface area (Å²) in [5, 5.41) is 5.60. The quantitative estimate of drug-likeness (QED) is 0.143. The first-order valence-electron chi connectivity index (χ1n) is 18.4. The van der Waals surface area contributed by atoms with Crippen molar-refractivity contribution < 1.29 is 0 Å². The minimum absolute atomic E-state index is 1.12. The Hall–Kier alpha value is -5.43. The van der Waals surface area contributed by atoms with Crippen LogP contribution >= 0.6 is 0 Å². The molecule has 0 spiro atoms. The van der Waals surface area contributed by atoms with E-state index in [1.165, 1.54) is 54.4 Å². The average Bonchev–Trinajstić information content (AvgIpc) is 3.49. The third-order valence-electron chi connectivity index (χ3n) is 10.3. The predicted octanol–water partition coefficient (Wildman–Crippen LogP) is 12.7. The molecule has 0 atom stereocenters. The molecular weight excluding hydrogens is 661 g/mol. The van der Waals surface area contributed by atoms with Crippen molar-refractivity contribution in [3.63, 3.8) is 0 Å². The smallest absolute Gasteiger partial charge is 0.0776 e. The zero-order chi connectivity index (χ0) is 36.0. The van der Waals surface area contributed by atoms with E-state index in [9.17, 15) is 0 Å². The summed E-state index contributed by atoms with van der Waals surface area (Å²) in [7, 11) is -2.81. The standard InChI is InChI=1S/C48H46N2Si2/c1-51(2,3)43-30-20-38(21-31-43)37-18-24-40(25-19-37)49(39-22-16-36(17-23-39)35-12-8-7-9-13-35)41-26-28-42(29-27-41)50-47-15-11-10-14-45(47)46-34-44(52(4,5)6)32-33-48(46)50/h7-34H,1-6H3. The molecule has 1 heterocycles. The number of para-hydroxylation sites is 1. The van der Waals surface area contributed by atoms with Gasteiger partial charge in [-0.3, -0.25) is 0 Å². The van der Waals surface area contributed by atoms with Gasteiger partial charge in [0, 0.05) is 33.5 Å². The number of anilines is 3. The third-order valence-corrected chi connectivity index (χ3v) is 14.5. The summed E-state index contributed by atoms with van der Waals surface area (Å²) in [4.78, 5) is 2.36. The molecule has 8 rings (SSSR count). The summed E-state index contributed by atoms with van der Waals surface area (Å²) in [5.41, 5.74) is 11.9. The highest BCUT2D eigenvalue weighted by Gasteiger charge is 2.20. The van der Waals surface area contributed by atoms with Gasteiger partial charge in [-0.15, -0.1) is 0 Å². The van der Waals surface area contributed by atoms with Crippen molar-refractivity contribution in [2.45, 2.75) is 39.3 Å². The number of nitrogens with zero attached hydrogens (tertiary/aromatic N) is 2. The summed E-state index contributed by atoms with van der Waals surface area (Å²) >= 11 is 0. The van der Waals surface area contributed by atoms with Crippen molar-refractivity contribution in [2.75, 3.05) is 4.90 Å². The van der Waals surface area contributed by atoms with E-state index in [-0.39, 0.29) is 0 Å². The normalized spacial score (nSPS) is 12.0. The van der Waals surface area contributed by atoms with Crippen LogP contribution in [0.3, 0.4) is 0 Å². The molecule has 8 aromatic rings. The van der Waals surface area contributed by atoms with Crippen molar-refractivity contribution in [1.29, 1.82) is 0 Å². The lowest BCUT2D eigenvalue weighted by Crippen LogP contribution is -2.37. The number of aromatic nitrogens is 1. The van der Waals surface area contributed by atoms with Crippen LogP contribution in [0.25, 0.3) is 49.7 Å². The Labute approximate surface area is 310 Å². The number of hydrogen-bond acceptors (Lipinski definition) is 1. The lowest BCUT2D eigenvalue weighted by atomic mass is 10.0. The van der Waals surface area contributed by atoms with E-state index in [2.05, 4.69) is 219 Å². The molecule has 0 saturated carbocycles. The van der Waals surface area contributed by atoms with Crippen LogP contribution in [-0.4, -0.2) is 20.7 Å². The van der Waals surface area contributed by atoms with Crippen molar-refractivity contribution >= 4 is 65.4 Å². The molecule has 256 valence electrons. The van der Waals surface area contributed by atoms with Crippen LogP contribution in [0.1, 0.15) is 0 Å². The van der Waals surface area contributed by atoms with Crippen molar-refractivity contribution in [2.24, 2.45) is 0 Å². The van der Waals surface area contributed by atoms with Gasteiger partial charge < -0.3 is 9.47 Å². The van der Waals surface area contributed by atoms with Gasteiger partial charge in [-0.25, -0.2) is 0 Å². The highest BCUT2D eigenvalue weighted by molar-refractivity contribution is 6.89. The van der Waals surface area contributed by atoms with E-state index in [0.717, 1.165) is 22.7 Å². The molecule has 0 aliphatic carbocycles. The molecule has 0 aliphatic rings. The van der Waals surface area contributed by atoms with Crippen LogP contribution in [0.15, 0.2) is 170 Å². The lowest BCUT2D eigenvalue weighted by Gasteiger charge is -2.26. The van der Waals surface area contributed by atoms with Gasteiger partial charge in [0.15, 0.2) is 0 Å². The van der Waals surface area contributed by atoms with Crippen LogP contribution < -0.4 is 15.3 Å². The second-order valence-corrected chi connectivity index (χ2v) is 26.1. The van der Waals surface area contributed by atoms with Crippen LogP contribution in [0.5, 0.6) is 0 Å². The zero-order valence-corrected chi connectivity index (χ0v) is 33.1. The molecule has 0 fully saturated rings. The zero-order valence-electron chi connectivity index (χ0n) is 31.1. The second kappa shape index (κ2) is 13.3. The van der Waals surface area contributed by atoms with Gasteiger partial charge in [0.1, 0.15) is 0 Å². The highest BCUT2D eigenvalue weighted by Crippen LogP contribution is 2.38. The molecule has 0 saturated heterocycles. The van der Waals surface area contributed by atoms with E-state index in [4.69, 9.17) is 0 Å². The maximum absolute atomic E-state index is 2.44. The molecule has 52 heavy (non-hydrogen) atoms. The molecule has 1 aromatic heterocycles. The molecule has 0 unspecified atom stereocenters. The van der Waals surface area contributed by atoms with Gasteiger partial charge >= 0.3 is 0 Å². The van der Waals surface area contributed by atoms with Crippen molar-refractivity contribution in [3.05, 3.63) is 170 Å². The highest BCUT2D eigenvalue weighted by atomic mass is 28.3. The van der Waals surface area contributed by atoms with Gasteiger partial charge in [0.25, 0.3) is 0 Å². The average molecular weight is 707 g/mol. The Bertz CT molecular complexity index is 2480. The summed E-state index contributed by atoms with van der Waals surface area (Å²) < 4.78 is 2.42. The van der Waals surface area contributed by atoms with Crippen LogP contribution in [0, 0.1) is 0 Å². The number of rotatable bonds is 8. The molecule has 4 heteroatoms. The third kappa shape index (κ3) is 6.45. The summed E-state index contributed by atoms with van der Waals surface area (Å²) in [5.74, 6) is 0. The molecule has 0 aliphatic heterocycles. The SMILES string of the molecule is C[Si](C)(C)c1ccc(-c2ccc(N(c3ccc(-c4ccccc4)cc3)c3ccc(-n4c5ccccc5c5cc([Si](C)(C)C)ccc54)cc3)cc2)cc1. The van der Waals surface area contributed by atoms with Crippen molar-refractivity contribution in [3.8, 4) is 27.9 Å². The number of hydrogen-bond donors (Lipinski definition) is 0. The van der Waals surface area contributed by atoms with Crippen molar-refractivity contribution in [1.82, 2.24) is 4.57 Å². The maximum atomic E-state index is 2.44. The summed E-state index contributed by atoms with van der Waals surface area (Å²) in [6, 6.07) is 62.8.